The summed E-state index contributed by atoms with van der Waals surface area (Å²) in [6.45, 7) is -0.194. The number of amides is 2. The molecule has 0 radical (unpaired) electrons. The smallest absolute Gasteiger partial charge is 0.252 e. The molecule has 1 heterocycles. The van der Waals surface area contributed by atoms with Gasteiger partial charge in [-0.1, -0.05) is 23.7 Å². The number of nitrogens with zero attached hydrogens (tertiary/aromatic N) is 2. The molecule has 0 saturated carbocycles. The first-order valence-corrected chi connectivity index (χ1v) is 14.3. The van der Waals surface area contributed by atoms with Crippen LogP contribution in [0.15, 0.2) is 82.6 Å². The lowest BCUT2D eigenvalue weighted by Gasteiger charge is -2.27. The standard InChI is InChI=1S/C24H21ClFN3O6S2/c25-17-3-11-21(12-4-17)37(34,35)28(14-13-16-1-9-20(10-2-16)36(27,32)33)22-15-23(30)29(24(22)31)19-7-5-18(26)6-8-19/h1-12,22H,13-15H2,(H2,27,32,33). The van der Waals surface area contributed by atoms with E-state index in [1.165, 1.54) is 60.7 Å². The van der Waals surface area contributed by atoms with Crippen molar-refractivity contribution >= 4 is 49.1 Å². The van der Waals surface area contributed by atoms with Crippen molar-refractivity contribution in [2.45, 2.75) is 28.7 Å². The highest BCUT2D eigenvalue weighted by Crippen LogP contribution is 2.30. The first kappa shape index (κ1) is 26.9. The average Bonchev–Trinajstić information content (AvgIpc) is 3.13. The fraction of sp³-hybridized carbons (Fsp3) is 0.167. The van der Waals surface area contributed by atoms with Crippen LogP contribution in [0.1, 0.15) is 12.0 Å². The van der Waals surface area contributed by atoms with Gasteiger partial charge in [0.05, 0.1) is 21.9 Å². The van der Waals surface area contributed by atoms with E-state index in [0.717, 1.165) is 21.3 Å². The Balaban J connectivity index is 1.67. The number of nitrogens with two attached hydrogens (primary N) is 1. The van der Waals surface area contributed by atoms with Gasteiger partial charge in [-0.05, 0) is 72.6 Å². The number of benzene rings is 3. The number of hydrogen-bond donors (Lipinski definition) is 1. The second kappa shape index (κ2) is 10.3. The van der Waals surface area contributed by atoms with Gasteiger partial charge < -0.3 is 0 Å². The molecule has 3 aromatic rings. The summed E-state index contributed by atoms with van der Waals surface area (Å²) in [4.78, 5) is 26.8. The van der Waals surface area contributed by atoms with E-state index in [-0.39, 0.29) is 28.4 Å². The summed E-state index contributed by atoms with van der Waals surface area (Å²) < 4.78 is 64.6. The molecule has 1 aliphatic heterocycles. The molecule has 4 rings (SSSR count). The lowest BCUT2D eigenvalue weighted by atomic mass is 10.1. The predicted molar refractivity (Wildman–Crippen MR) is 134 cm³/mol. The molecule has 2 N–H and O–H groups in total. The van der Waals surface area contributed by atoms with E-state index in [2.05, 4.69) is 0 Å². The van der Waals surface area contributed by atoms with E-state index < -0.39 is 50.1 Å². The Kier molecular flexibility index (Phi) is 7.49. The van der Waals surface area contributed by atoms with Gasteiger partial charge in [0.25, 0.3) is 5.91 Å². The Hall–Kier alpha value is -3.16. The largest absolute Gasteiger partial charge is 0.274 e. The second-order valence-corrected chi connectivity index (χ2v) is 12.2. The van der Waals surface area contributed by atoms with Crippen LogP contribution in [0, 0.1) is 5.82 Å². The van der Waals surface area contributed by atoms with E-state index in [1.807, 2.05) is 0 Å². The van der Waals surface area contributed by atoms with Gasteiger partial charge in [-0.3, -0.25) is 9.59 Å². The Morgan fingerprint density at radius 1 is 0.892 bits per heavy atom. The number of hydrogen-bond acceptors (Lipinski definition) is 6. The van der Waals surface area contributed by atoms with E-state index >= 15 is 0 Å². The van der Waals surface area contributed by atoms with Crippen LogP contribution in [0.4, 0.5) is 10.1 Å². The van der Waals surface area contributed by atoms with Gasteiger partial charge in [0.2, 0.25) is 26.0 Å². The van der Waals surface area contributed by atoms with Gasteiger partial charge in [0, 0.05) is 11.6 Å². The van der Waals surface area contributed by atoms with Gasteiger partial charge in [0.1, 0.15) is 11.9 Å². The molecular weight excluding hydrogens is 545 g/mol. The topological polar surface area (TPSA) is 135 Å². The molecule has 1 fully saturated rings. The van der Waals surface area contributed by atoms with Crippen molar-refractivity contribution in [3.63, 3.8) is 0 Å². The summed E-state index contributed by atoms with van der Waals surface area (Å²) in [5.74, 6) is -1.95. The molecule has 1 aliphatic rings. The molecule has 37 heavy (non-hydrogen) atoms. The highest BCUT2D eigenvalue weighted by atomic mass is 35.5. The molecule has 1 unspecified atom stereocenters. The Morgan fingerprint density at radius 2 is 1.46 bits per heavy atom. The maximum atomic E-state index is 13.6. The molecule has 2 amide bonds. The molecular formula is C24H21ClFN3O6S2. The third kappa shape index (κ3) is 5.73. The molecule has 0 aliphatic carbocycles. The van der Waals surface area contributed by atoms with Crippen LogP contribution < -0.4 is 10.0 Å². The van der Waals surface area contributed by atoms with Crippen LogP contribution in [0.5, 0.6) is 0 Å². The zero-order chi connectivity index (χ0) is 27.0. The number of halogens is 2. The van der Waals surface area contributed by atoms with Gasteiger partial charge in [-0.2, -0.15) is 4.31 Å². The fourth-order valence-corrected chi connectivity index (χ4v) is 6.20. The summed E-state index contributed by atoms with van der Waals surface area (Å²) in [5.41, 5.74) is 0.706. The minimum Gasteiger partial charge on any atom is -0.274 e. The van der Waals surface area contributed by atoms with Gasteiger partial charge in [0.15, 0.2) is 0 Å². The van der Waals surface area contributed by atoms with E-state index in [4.69, 9.17) is 16.7 Å². The number of anilines is 1. The average molecular weight is 566 g/mol. The maximum absolute atomic E-state index is 13.6. The highest BCUT2D eigenvalue weighted by Gasteiger charge is 2.46. The van der Waals surface area contributed by atoms with Crippen LogP contribution in [0.3, 0.4) is 0 Å². The SMILES string of the molecule is NS(=O)(=O)c1ccc(CCN(C2CC(=O)N(c3ccc(F)cc3)C2=O)S(=O)(=O)c2ccc(Cl)cc2)cc1. The molecule has 1 atom stereocenters. The van der Waals surface area contributed by atoms with Crippen molar-refractivity contribution in [2.24, 2.45) is 5.14 Å². The molecule has 0 spiro atoms. The van der Waals surface area contributed by atoms with Crippen LogP contribution >= 0.6 is 11.6 Å². The van der Waals surface area contributed by atoms with Crippen molar-refractivity contribution in [1.82, 2.24) is 4.31 Å². The van der Waals surface area contributed by atoms with Crippen LogP contribution in [0.25, 0.3) is 0 Å². The van der Waals surface area contributed by atoms with E-state index in [0.29, 0.717) is 10.6 Å². The monoisotopic (exact) mass is 565 g/mol. The lowest BCUT2D eigenvalue weighted by molar-refractivity contribution is -0.122. The predicted octanol–water partition coefficient (Wildman–Crippen LogP) is 2.69. The van der Waals surface area contributed by atoms with Gasteiger partial charge >= 0.3 is 0 Å². The number of imide groups is 1. The summed E-state index contributed by atoms with van der Waals surface area (Å²) >= 11 is 5.90. The Labute approximate surface area is 218 Å². The van der Waals surface area contributed by atoms with Crippen LogP contribution in [-0.2, 0) is 36.1 Å². The van der Waals surface area contributed by atoms with Crippen molar-refractivity contribution in [3.8, 4) is 0 Å². The summed E-state index contributed by atoms with van der Waals surface area (Å²) in [6.07, 6.45) is -0.306. The minimum absolute atomic E-state index is 0.103. The summed E-state index contributed by atoms with van der Waals surface area (Å²) in [6, 6.07) is 14.3. The number of carbonyl (C=O) groups is 2. The number of primary sulfonamides is 1. The molecule has 1 saturated heterocycles. The molecule has 13 heteroatoms. The fourth-order valence-electron chi connectivity index (χ4n) is 3.97. The van der Waals surface area contributed by atoms with Crippen LogP contribution in [0.2, 0.25) is 5.02 Å². The summed E-state index contributed by atoms with van der Waals surface area (Å²) in [7, 11) is -8.18. The Morgan fingerprint density at radius 3 is 2.03 bits per heavy atom. The molecule has 194 valence electrons. The van der Waals surface area contributed by atoms with Crippen molar-refractivity contribution < 1.29 is 30.8 Å². The van der Waals surface area contributed by atoms with Crippen molar-refractivity contribution in [1.29, 1.82) is 0 Å². The van der Waals surface area contributed by atoms with E-state index in [9.17, 15) is 30.8 Å². The molecule has 9 nitrogen and oxygen atoms in total. The van der Waals surface area contributed by atoms with Gasteiger partial charge in [-0.25, -0.2) is 31.3 Å². The molecule has 0 aromatic heterocycles. The number of sulfonamides is 2. The lowest BCUT2D eigenvalue weighted by Crippen LogP contribution is -2.46. The molecule has 0 bridgehead atoms. The number of rotatable bonds is 8. The van der Waals surface area contributed by atoms with Crippen LogP contribution in [-0.4, -0.2) is 45.5 Å². The van der Waals surface area contributed by atoms with Gasteiger partial charge in [-0.15, -0.1) is 0 Å². The normalized spacial score (nSPS) is 16.5. The molecule has 3 aromatic carbocycles. The van der Waals surface area contributed by atoms with Crippen molar-refractivity contribution in [2.75, 3.05) is 11.4 Å². The first-order chi connectivity index (χ1) is 17.4. The zero-order valence-corrected chi connectivity index (χ0v) is 21.5. The Bertz CT molecular complexity index is 1550. The second-order valence-electron chi connectivity index (χ2n) is 8.27. The third-order valence-electron chi connectivity index (χ3n) is 5.85. The third-order valence-corrected chi connectivity index (χ3v) is 8.95. The zero-order valence-electron chi connectivity index (χ0n) is 19.1. The summed E-state index contributed by atoms with van der Waals surface area (Å²) in [5, 5.41) is 5.44. The number of carbonyl (C=O) groups excluding carboxylic acids is 2. The maximum Gasteiger partial charge on any atom is 0.252 e. The van der Waals surface area contributed by atoms with Crippen molar-refractivity contribution in [3.05, 3.63) is 89.2 Å². The highest BCUT2D eigenvalue weighted by molar-refractivity contribution is 7.89. The quantitative estimate of drug-likeness (QED) is 0.417. The minimum atomic E-state index is -4.27. The van der Waals surface area contributed by atoms with E-state index in [1.54, 1.807) is 0 Å². The first-order valence-electron chi connectivity index (χ1n) is 10.9.